The van der Waals surface area contributed by atoms with Gasteiger partial charge < -0.3 is 5.11 Å². The summed E-state index contributed by atoms with van der Waals surface area (Å²) in [4.78, 5) is 0.244. The minimum Gasteiger partial charge on any atom is -0.394 e. The van der Waals surface area contributed by atoms with Crippen LogP contribution in [0, 0.1) is 25.7 Å². The van der Waals surface area contributed by atoms with Crippen LogP contribution in [0.5, 0.6) is 0 Å². The molecule has 1 aliphatic carbocycles. The highest BCUT2D eigenvalue weighted by molar-refractivity contribution is 7.89. The molecule has 1 aromatic rings. The number of hydrogen-bond donors (Lipinski definition) is 2. The summed E-state index contributed by atoms with van der Waals surface area (Å²) in [5.41, 5.74) is 1.05. The highest BCUT2D eigenvalue weighted by Crippen LogP contribution is 2.36. The number of aliphatic hydroxyl groups excluding tert-OH is 1. The van der Waals surface area contributed by atoms with Gasteiger partial charge in [0.25, 0.3) is 0 Å². The third-order valence-electron chi connectivity index (χ3n) is 3.92. The second-order valence-corrected chi connectivity index (χ2v) is 7.32. The predicted molar refractivity (Wildman–Crippen MR) is 75.9 cm³/mol. The van der Waals surface area contributed by atoms with E-state index in [1.165, 1.54) is 17.5 Å². The molecule has 0 aliphatic heterocycles. The van der Waals surface area contributed by atoms with Gasteiger partial charge in [-0.05, 0) is 38.5 Å². The molecule has 0 aromatic carbocycles. The zero-order valence-corrected chi connectivity index (χ0v) is 13.1. The number of rotatable bonds is 7. The van der Waals surface area contributed by atoms with Crippen molar-refractivity contribution in [3.05, 3.63) is 11.4 Å². The molecular weight excluding hydrogens is 278 g/mol. The van der Waals surface area contributed by atoms with E-state index in [9.17, 15) is 8.42 Å². The number of aryl methyl sites for hydroxylation is 1. The summed E-state index contributed by atoms with van der Waals surface area (Å²) in [5.74, 6) is 1.04. The third kappa shape index (κ3) is 3.21. The van der Waals surface area contributed by atoms with E-state index in [2.05, 4.69) is 16.7 Å². The molecule has 1 saturated carbocycles. The first kappa shape index (κ1) is 15.5. The quantitative estimate of drug-likeness (QED) is 0.781. The van der Waals surface area contributed by atoms with Gasteiger partial charge in [-0.15, -0.1) is 0 Å². The van der Waals surface area contributed by atoms with Crippen LogP contribution in [0.25, 0.3) is 0 Å². The minimum absolute atomic E-state index is 0.0619. The van der Waals surface area contributed by atoms with Crippen LogP contribution in [0.1, 0.15) is 31.2 Å². The molecular formula is C13H23N3O3S. The second-order valence-electron chi connectivity index (χ2n) is 5.61. The lowest BCUT2D eigenvalue weighted by molar-refractivity contribution is 0.267. The summed E-state index contributed by atoms with van der Waals surface area (Å²) < 4.78 is 29.0. The van der Waals surface area contributed by atoms with E-state index >= 15 is 0 Å². The lowest BCUT2D eigenvalue weighted by Crippen LogP contribution is -2.30. The van der Waals surface area contributed by atoms with Gasteiger partial charge in [-0.25, -0.2) is 13.1 Å². The Kier molecular flexibility index (Phi) is 4.51. The molecule has 1 aromatic heterocycles. The standard InChI is InChI=1S/C13H23N3O3S/c1-9(12-4-5-12)8-14-20(18,19)13-10(2)15-16(6-7-17)11(13)3/h9,12,14,17H,4-8H2,1-3H3. The van der Waals surface area contributed by atoms with Gasteiger partial charge in [0.2, 0.25) is 10.0 Å². The first-order valence-corrected chi connectivity index (χ1v) is 8.49. The first-order valence-electron chi connectivity index (χ1n) is 7.01. The summed E-state index contributed by atoms with van der Waals surface area (Å²) in [6.07, 6.45) is 2.41. The molecule has 20 heavy (non-hydrogen) atoms. The van der Waals surface area contributed by atoms with Gasteiger partial charge in [0.15, 0.2) is 0 Å². The number of nitrogens with one attached hydrogen (secondary N) is 1. The van der Waals surface area contributed by atoms with Crippen molar-refractivity contribution >= 4 is 10.0 Å². The van der Waals surface area contributed by atoms with Crippen molar-refractivity contribution in [2.45, 2.75) is 45.1 Å². The Labute approximate surface area is 120 Å². The highest BCUT2D eigenvalue weighted by Gasteiger charge is 2.30. The maximum atomic E-state index is 12.4. The largest absolute Gasteiger partial charge is 0.394 e. The summed E-state index contributed by atoms with van der Waals surface area (Å²) in [5, 5.41) is 13.1. The number of hydrogen-bond acceptors (Lipinski definition) is 4. The van der Waals surface area contributed by atoms with Crippen LogP contribution in [0.3, 0.4) is 0 Å². The highest BCUT2D eigenvalue weighted by atomic mass is 32.2. The number of aromatic nitrogens is 2. The SMILES string of the molecule is Cc1nn(CCO)c(C)c1S(=O)(=O)NCC(C)C1CC1. The van der Waals surface area contributed by atoms with Crippen molar-refractivity contribution in [3.63, 3.8) is 0 Å². The lowest BCUT2D eigenvalue weighted by atomic mass is 10.1. The first-order chi connectivity index (χ1) is 9.36. The fourth-order valence-electron chi connectivity index (χ4n) is 2.53. The van der Waals surface area contributed by atoms with Crippen molar-refractivity contribution in [2.75, 3.05) is 13.2 Å². The Bertz CT molecular complexity index is 576. The Morgan fingerprint density at radius 1 is 1.45 bits per heavy atom. The smallest absolute Gasteiger partial charge is 0.244 e. The Balaban J connectivity index is 2.15. The van der Waals surface area contributed by atoms with Gasteiger partial charge in [-0.1, -0.05) is 6.92 Å². The minimum atomic E-state index is -3.53. The fraction of sp³-hybridized carbons (Fsp3) is 0.769. The van der Waals surface area contributed by atoms with Gasteiger partial charge >= 0.3 is 0 Å². The third-order valence-corrected chi connectivity index (χ3v) is 5.59. The molecule has 1 unspecified atom stereocenters. The van der Waals surface area contributed by atoms with Crippen molar-refractivity contribution in [3.8, 4) is 0 Å². The molecule has 0 saturated heterocycles. The van der Waals surface area contributed by atoms with Crippen LogP contribution in [-0.2, 0) is 16.6 Å². The number of sulfonamides is 1. The molecule has 0 radical (unpaired) electrons. The van der Waals surface area contributed by atoms with E-state index in [1.807, 2.05) is 0 Å². The van der Waals surface area contributed by atoms with Crippen LogP contribution in [0.2, 0.25) is 0 Å². The number of aliphatic hydroxyl groups is 1. The van der Waals surface area contributed by atoms with Gasteiger partial charge in [-0.3, -0.25) is 4.68 Å². The fourth-order valence-corrected chi connectivity index (χ4v) is 4.08. The van der Waals surface area contributed by atoms with Crippen molar-refractivity contribution in [1.82, 2.24) is 14.5 Å². The van der Waals surface area contributed by atoms with E-state index in [0.29, 0.717) is 36.3 Å². The molecule has 0 spiro atoms. The topological polar surface area (TPSA) is 84.2 Å². The molecule has 1 aliphatic rings. The van der Waals surface area contributed by atoms with E-state index in [1.54, 1.807) is 13.8 Å². The molecule has 1 heterocycles. The Morgan fingerprint density at radius 2 is 2.10 bits per heavy atom. The lowest BCUT2D eigenvalue weighted by Gasteiger charge is -2.12. The molecule has 114 valence electrons. The average Bonchev–Trinajstić information content (AvgIpc) is 3.15. The molecule has 2 rings (SSSR count). The van der Waals surface area contributed by atoms with Gasteiger partial charge in [-0.2, -0.15) is 5.10 Å². The molecule has 7 heteroatoms. The summed E-state index contributed by atoms with van der Waals surface area (Å²) in [6, 6.07) is 0. The Hall–Kier alpha value is -0.920. The maximum absolute atomic E-state index is 12.4. The van der Waals surface area contributed by atoms with Crippen LogP contribution in [0.15, 0.2) is 4.90 Å². The van der Waals surface area contributed by atoms with Gasteiger partial charge in [0.1, 0.15) is 4.90 Å². The average molecular weight is 301 g/mol. The van der Waals surface area contributed by atoms with Crippen molar-refractivity contribution < 1.29 is 13.5 Å². The molecule has 2 N–H and O–H groups in total. The molecule has 1 fully saturated rings. The van der Waals surface area contributed by atoms with E-state index in [4.69, 9.17) is 5.11 Å². The molecule has 0 amide bonds. The van der Waals surface area contributed by atoms with Crippen molar-refractivity contribution in [1.29, 1.82) is 0 Å². The zero-order valence-electron chi connectivity index (χ0n) is 12.3. The van der Waals surface area contributed by atoms with Crippen LogP contribution in [0.4, 0.5) is 0 Å². The van der Waals surface area contributed by atoms with Gasteiger partial charge in [0.05, 0.1) is 24.5 Å². The summed E-state index contributed by atoms with van der Waals surface area (Å²) >= 11 is 0. The molecule has 0 bridgehead atoms. The zero-order chi connectivity index (χ0) is 14.9. The van der Waals surface area contributed by atoms with E-state index in [-0.39, 0.29) is 11.5 Å². The number of nitrogens with zero attached hydrogens (tertiary/aromatic N) is 2. The molecule has 6 nitrogen and oxygen atoms in total. The van der Waals surface area contributed by atoms with Crippen LogP contribution < -0.4 is 4.72 Å². The van der Waals surface area contributed by atoms with E-state index < -0.39 is 10.0 Å². The summed E-state index contributed by atoms with van der Waals surface area (Å²) in [7, 11) is -3.53. The van der Waals surface area contributed by atoms with E-state index in [0.717, 1.165) is 0 Å². The second kappa shape index (κ2) is 5.83. The monoisotopic (exact) mass is 301 g/mol. The maximum Gasteiger partial charge on any atom is 0.244 e. The predicted octanol–water partition coefficient (Wildman–Crippen LogP) is 0.817. The summed E-state index contributed by atoms with van der Waals surface area (Å²) in [6.45, 7) is 6.19. The molecule has 1 atom stereocenters. The van der Waals surface area contributed by atoms with Crippen LogP contribution in [-0.4, -0.2) is 36.5 Å². The van der Waals surface area contributed by atoms with Crippen molar-refractivity contribution in [2.24, 2.45) is 11.8 Å². The van der Waals surface area contributed by atoms with Crippen LogP contribution >= 0.6 is 0 Å². The Morgan fingerprint density at radius 3 is 2.65 bits per heavy atom. The normalized spacial score (nSPS) is 17.4. The van der Waals surface area contributed by atoms with Gasteiger partial charge in [0, 0.05) is 6.54 Å².